The quantitative estimate of drug-likeness (QED) is 0.863. The average Bonchev–Trinajstić information content (AvgIpc) is 3.20. The first-order valence-electron chi connectivity index (χ1n) is 7.36. The van der Waals surface area contributed by atoms with Crippen LogP contribution in [0, 0.1) is 5.92 Å². The smallest absolute Gasteiger partial charge is 0.253 e. The van der Waals surface area contributed by atoms with E-state index in [4.69, 9.17) is 0 Å². The van der Waals surface area contributed by atoms with Gasteiger partial charge in [0.15, 0.2) is 9.84 Å². The summed E-state index contributed by atoms with van der Waals surface area (Å²) in [6.45, 7) is 0. The van der Waals surface area contributed by atoms with Crippen LogP contribution in [0.15, 0.2) is 24.3 Å². The fourth-order valence-electron chi connectivity index (χ4n) is 2.52. The Balaban J connectivity index is 1.72. The first-order valence-corrected chi connectivity index (χ1v) is 9.18. The van der Waals surface area contributed by atoms with Gasteiger partial charge in [-0.25, -0.2) is 8.42 Å². The van der Waals surface area contributed by atoms with Crippen molar-refractivity contribution in [2.24, 2.45) is 5.92 Å². The number of hydrogen-bond acceptors (Lipinski definition) is 4. The Morgan fingerprint density at radius 1 is 1.09 bits per heavy atom. The maximum Gasteiger partial charge on any atom is 0.253 e. The normalized spacial score (nSPS) is 23.0. The zero-order chi connectivity index (χ0) is 15.7. The SMILES string of the molecule is O=C(NC1CC1)c1ccccc1NC(=O)[C@@H]1CCS(=O)(=O)C1. The zero-order valence-corrected chi connectivity index (χ0v) is 12.9. The van der Waals surface area contributed by atoms with Crippen molar-refractivity contribution in [3.8, 4) is 0 Å². The second-order valence-corrected chi connectivity index (χ2v) is 8.11. The third-order valence-electron chi connectivity index (χ3n) is 3.95. The topological polar surface area (TPSA) is 92.3 Å². The molecule has 22 heavy (non-hydrogen) atoms. The van der Waals surface area contributed by atoms with Crippen LogP contribution in [-0.4, -0.2) is 37.8 Å². The van der Waals surface area contributed by atoms with E-state index in [1.807, 2.05) is 0 Å². The number of nitrogens with one attached hydrogen (secondary N) is 2. The molecule has 0 spiro atoms. The van der Waals surface area contributed by atoms with Crippen LogP contribution in [-0.2, 0) is 14.6 Å². The van der Waals surface area contributed by atoms with E-state index in [1.165, 1.54) is 0 Å². The molecule has 3 rings (SSSR count). The van der Waals surface area contributed by atoms with Gasteiger partial charge >= 0.3 is 0 Å². The van der Waals surface area contributed by atoms with E-state index in [1.54, 1.807) is 24.3 Å². The molecule has 1 aliphatic carbocycles. The maximum atomic E-state index is 12.2. The molecule has 6 nitrogen and oxygen atoms in total. The van der Waals surface area contributed by atoms with E-state index in [0.717, 1.165) is 12.8 Å². The molecule has 0 bridgehead atoms. The number of para-hydroxylation sites is 1. The lowest BCUT2D eigenvalue weighted by Gasteiger charge is -2.13. The monoisotopic (exact) mass is 322 g/mol. The van der Waals surface area contributed by atoms with Gasteiger partial charge in [0.25, 0.3) is 5.91 Å². The van der Waals surface area contributed by atoms with Gasteiger partial charge in [0.1, 0.15) is 0 Å². The van der Waals surface area contributed by atoms with E-state index in [2.05, 4.69) is 10.6 Å². The molecule has 0 radical (unpaired) electrons. The Morgan fingerprint density at radius 2 is 1.82 bits per heavy atom. The summed E-state index contributed by atoms with van der Waals surface area (Å²) in [7, 11) is -3.11. The molecule has 1 saturated carbocycles. The summed E-state index contributed by atoms with van der Waals surface area (Å²) in [5, 5.41) is 5.58. The molecule has 1 aromatic rings. The molecule has 1 aromatic carbocycles. The molecule has 118 valence electrons. The summed E-state index contributed by atoms with van der Waals surface area (Å²) in [4.78, 5) is 24.4. The number of hydrogen-bond donors (Lipinski definition) is 2. The minimum atomic E-state index is -3.11. The minimum absolute atomic E-state index is 0.0505. The fraction of sp³-hybridized carbons (Fsp3) is 0.467. The van der Waals surface area contributed by atoms with Gasteiger partial charge in [-0.1, -0.05) is 12.1 Å². The van der Waals surface area contributed by atoms with Crippen LogP contribution in [0.1, 0.15) is 29.6 Å². The number of benzene rings is 1. The van der Waals surface area contributed by atoms with Crippen LogP contribution in [0.25, 0.3) is 0 Å². The van der Waals surface area contributed by atoms with Gasteiger partial charge in [0.05, 0.1) is 28.7 Å². The highest BCUT2D eigenvalue weighted by atomic mass is 32.2. The molecular weight excluding hydrogens is 304 g/mol. The molecule has 2 amide bonds. The summed E-state index contributed by atoms with van der Waals surface area (Å²) >= 11 is 0. The van der Waals surface area contributed by atoms with Crippen molar-refractivity contribution in [3.63, 3.8) is 0 Å². The molecule has 0 unspecified atom stereocenters. The van der Waals surface area contributed by atoms with Crippen molar-refractivity contribution in [1.29, 1.82) is 0 Å². The Kier molecular flexibility index (Phi) is 3.90. The lowest BCUT2D eigenvalue weighted by Crippen LogP contribution is -2.28. The molecule has 2 aliphatic rings. The second-order valence-electron chi connectivity index (χ2n) is 5.88. The number of carbonyl (C=O) groups is 2. The Bertz CT molecular complexity index is 710. The largest absolute Gasteiger partial charge is 0.349 e. The van der Waals surface area contributed by atoms with Crippen LogP contribution >= 0.6 is 0 Å². The minimum Gasteiger partial charge on any atom is -0.349 e. The Morgan fingerprint density at radius 3 is 2.45 bits per heavy atom. The van der Waals surface area contributed by atoms with Gasteiger partial charge in [-0.15, -0.1) is 0 Å². The predicted octanol–water partition coefficient (Wildman–Crippen LogP) is 0.952. The number of sulfone groups is 1. The standard InChI is InChI=1S/C15H18N2O4S/c18-14(10-7-8-22(20,21)9-10)17-13-4-2-1-3-12(13)15(19)16-11-5-6-11/h1-4,10-11H,5-9H2,(H,16,19)(H,17,18)/t10-/m1/s1. The van der Waals surface area contributed by atoms with Crippen molar-refractivity contribution in [1.82, 2.24) is 5.32 Å². The van der Waals surface area contributed by atoms with Crippen LogP contribution in [0.5, 0.6) is 0 Å². The number of rotatable bonds is 4. The van der Waals surface area contributed by atoms with Crippen LogP contribution in [0.3, 0.4) is 0 Å². The zero-order valence-electron chi connectivity index (χ0n) is 12.0. The van der Waals surface area contributed by atoms with Gasteiger partial charge in [0, 0.05) is 6.04 Å². The lowest BCUT2D eigenvalue weighted by molar-refractivity contribution is -0.119. The third kappa shape index (κ3) is 3.47. The Labute approximate surface area is 129 Å². The van der Waals surface area contributed by atoms with E-state index in [0.29, 0.717) is 17.7 Å². The highest BCUT2D eigenvalue weighted by molar-refractivity contribution is 7.91. The first-order chi connectivity index (χ1) is 10.4. The molecule has 1 atom stereocenters. The molecular formula is C15H18N2O4S. The first kappa shape index (κ1) is 15.0. The van der Waals surface area contributed by atoms with Crippen molar-refractivity contribution in [2.45, 2.75) is 25.3 Å². The van der Waals surface area contributed by atoms with Crippen LogP contribution < -0.4 is 10.6 Å². The maximum absolute atomic E-state index is 12.2. The van der Waals surface area contributed by atoms with E-state index in [9.17, 15) is 18.0 Å². The van der Waals surface area contributed by atoms with Crippen LogP contribution in [0.4, 0.5) is 5.69 Å². The van der Waals surface area contributed by atoms with Gasteiger partial charge < -0.3 is 10.6 Å². The third-order valence-corrected chi connectivity index (χ3v) is 5.71. The van der Waals surface area contributed by atoms with Gasteiger partial charge in [0.2, 0.25) is 5.91 Å². The lowest BCUT2D eigenvalue weighted by atomic mass is 10.1. The summed E-state index contributed by atoms with van der Waals surface area (Å²) in [5.74, 6) is -1.15. The van der Waals surface area contributed by atoms with Crippen molar-refractivity contribution in [2.75, 3.05) is 16.8 Å². The highest BCUT2D eigenvalue weighted by Crippen LogP contribution is 2.24. The number of amides is 2. The highest BCUT2D eigenvalue weighted by Gasteiger charge is 2.33. The molecule has 0 aromatic heterocycles. The average molecular weight is 322 g/mol. The van der Waals surface area contributed by atoms with Gasteiger partial charge in [-0.3, -0.25) is 9.59 Å². The van der Waals surface area contributed by atoms with E-state index < -0.39 is 15.8 Å². The number of carbonyl (C=O) groups excluding carboxylic acids is 2. The summed E-state index contributed by atoms with van der Waals surface area (Å²) in [6.07, 6.45) is 2.31. The van der Waals surface area contributed by atoms with Gasteiger partial charge in [-0.2, -0.15) is 0 Å². The van der Waals surface area contributed by atoms with Crippen molar-refractivity contribution >= 4 is 27.3 Å². The molecule has 2 fully saturated rings. The molecule has 7 heteroatoms. The van der Waals surface area contributed by atoms with Crippen molar-refractivity contribution in [3.05, 3.63) is 29.8 Å². The summed E-state index contributed by atoms with van der Waals surface area (Å²) in [6, 6.07) is 7.00. The summed E-state index contributed by atoms with van der Waals surface area (Å²) in [5.41, 5.74) is 0.832. The Hall–Kier alpha value is -1.89. The fourth-order valence-corrected chi connectivity index (χ4v) is 4.26. The van der Waals surface area contributed by atoms with Crippen molar-refractivity contribution < 1.29 is 18.0 Å². The number of anilines is 1. The van der Waals surface area contributed by atoms with Crippen LogP contribution in [0.2, 0.25) is 0 Å². The molecule has 1 heterocycles. The summed E-state index contributed by atoms with van der Waals surface area (Å²) < 4.78 is 22.9. The molecule has 2 N–H and O–H groups in total. The molecule has 1 aliphatic heterocycles. The second kappa shape index (κ2) is 5.72. The van der Waals surface area contributed by atoms with E-state index >= 15 is 0 Å². The molecule has 1 saturated heterocycles. The predicted molar refractivity (Wildman–Crippen MR) is 82.3 cm³/mol. The van der Waals surface area contributed by atoms with Gasteiger partial charge in [-0.05, 0) is 31.4 Å². The van der Waals surface area contributed by atoms with E-state index in [-0.39, 0.29) is 29.4 Å².